The number of likely N-dealkylation sites (N-methyl/N-ethyl adjacent to an activating group) is 1. The molecule has 0 saturated heterocycles. The summed E-state index contributed by atoms with van der Waals surface area (Å²) in [6.07, 6.45) is 8.11. The van der Waals surface area contributed by atoms with E-state index in [2.05, 4.69) is 67.5 Å². The van der Waals surface area contributed by atoms with Crippen LogP contribution in [0.5, 0.6) is 0 Å². The minimum atomic E-state index is 0.372. The van der Waals surface area contributed by atoms with Crippen LogP contribution in [0.1, 0.15) is 44.6 Å². The first-order valence-corrected chi connectivity index (χ1v) is 8.28. The molecule has 0 spiro atoms. The number of hydrogen-bond acceptors (Lipinski definition) is 3. The fourth-order valence-corrected chi connectivity index (χ4v) is 2.47. The lowest BCUT2D eigenvalue weighted by molar-refractivity contribution is 0.0916. The van der Waals surface area contributed by atoms with Gasteiger partial charge in [0.25, 0.3) is 0 Å². The number of rotatable bonds is 5. The zero-order chi connectivity index (χ0) is 15.8. The van der Waals surface area contributed by atoms with Crippen molar-refractivity contribution in [3.8, 4) is 0 Å². The molecule has 0 amide bonds. The van der Waals surface area contributed by atoms with Crippen molar-refractivity contribution < 1.29 is 4.84 Å². The van der Waals surface area contributed by atoms with Gasteiger partial charge in [-0.1, -0.05) is 41.9 Å². The van der Waals surface area contributed by atoms with Gasteiger partial charge in [0.2, 0.25) is 0 Å². The summed E-state index contributed by atoms with van der Waals surface area (Å²) in [5.74, 6) is 0. The Morgan fingerprint density at radius 1 is 1.14 bits per heavy atom. The van der Waals surface area contributed by atoms with Crippen LogP contribution in [0.15, 0.2) is 41.1 Å². The van der Waals surface area contributed by atoms with Crippen LogP contribution < -0.4 is 0 Å². The van der Waals surface area contributed by atoms with Crippen molar-refractivity contribution in [3.05, 3.63) is 41.5 Å². The van der Waals surface area contributed by atoms with E-state index in [-0.39, 0.29) is 0 Å². The maximum absolute atomic E-state index is 5.63. The summed E-state index contributed by atoms with van der Waals surface area (Å²) in [7, 11) is 4.13. The Bertz CT molecular complexity index is 505. The third kappa shape index (κ3) is 5.30. The molecule has 3 nitrogen and oxygen atoms in total. The molecular formula is C19H28N2O. The predicted molar refractivity (Wildman–Crippen MR) is 94.0 cm³/mol. The van der Waals surface area contributed by atoms with Crippen LogP contribution in [-0.4, -0.2) is 37.4 Å². The second-order valence-corrected chi connectivity index (χ2v) is 6.29. The zero-order valence-corrected chi connectivity index (χ0v) is 14.1. The van der Waals surface area contributed by atoms with Gasteiger partial charge in [0.15, 0.2) is 0 Å². The van der Waals surface area contributed by atoms with Gasteiger partial charge in [0, 0.05) is 6.04 Å². The molecule has 1 atom stereocenters. The number of hydrogen-bond donors (Lipinski definition) is 0. The van der Waals surface area contributed by atoms with Gasteiger partial charge in [-0.3, -0.25) is 0 Å². The van der Waals surface area contributed by atoms with Crippen LogP contribution in [0, 0.1) is 0 Å². The van der Waals surface area contributed by atoms with E-state index in [9.17, 15) is 0 Å². The molecule has 2 rings (SSSR count). The van der Waals surface area contributed by atoms with Crippen molar-refractivity contribution >= 4 is 11.8 Å². The van der Waals surface area contributed by atoms with Crippen LogP contribution in [-0.2, 0) is 4.84 Å². The third-order valence-corrected chi connectivity index (χ3v) is 4.24. The normalized spacial score (nSPS) is 21.1. The van der Waals surface area contributed by atoms with Gasteiger partial charge in [-0.05, 0) is 63.9 Å². The lowest BCUT2D eigenvalue weighted by Crippen LogP contribution is -2.28. The summed E-state index contributed by atoms with van der Waals surface area (Å²) < 4.78 is 0. The third-order valence-electron chi connectivity index (χ3n) is 4.24. The SMILES string of the molecule is CC(CO/N=C1\CCCCC\C1=C/c1ccccc1)N(C)C. The fourth-order valence-electron chi connectivity index (χ4n) is 2.47. The molecule has 1 unspecified atom stereocenters. The monoisotopic (exact) mass is 300 g/mol. The minimum Gasteiger partial charge on any atom is -0.394 e. The Morgan fingerprint density at radius 3 is 2.59 bits per heavy atom. The van der Waals surface area contributed by atoms with Crippen LogP contribution in [0.3, 0.4) is 0 Å². The van der Waals surface area contributed by atoms with Gasteiger partial charge >= 0.3 is 0 Å². The first kappa shape index (κ1) is 16.8. The number of benzene rings is 1. The van der Waals surface area contributed by atoms with E-state index in [0.29, 0.717) is 12.6 Å². The molecule has 0 N–H and O–H groups in total. The van der Waals surface area contributed by atoms with E-state index in [0.717, 1.165) is 18.6 Å². The lowest BCUT2D eigenvalue weighted by atomic mass is 10.0. The van der Waals surface area contributed by atoms with Crippen molar-refractivity contribution in [2.75, 3.05) is 20.7 Å². The molecule has 0 aliphatic heterocycles. The van der Waals surface area contributed by atoms with Crippen molar-refractivity contribution in [3.63, 3.8) is 0 Å². The summed E-state index contributed by atoms with van der Waals surface area (Å²) >= 11 is 0. The average molecular weight is 300 g/mol. The highest BCUT2D eigenvalue weighted by molar-refractivity contribution is 6.03. The molecule has 0 radical (unpaired) electrons. The van der Waals surface area contributed by atoms with Gasteiger partial charge in [0.05, 0.1) is 5.71 Å². The summed E-state index contributed by atoms with van der Waals surface area (Å²) in [6, 6.07) is 10.9. The van der Waals surface area contributed by atoms with Gasteiger partial charge in [-0.15, -0.1) is 0 Å². The van der Waals surface area contributed by atoms with Gasteiger partial charge in [-0.2, -0.15) is 0 Å². The molecule has 120 valence electrons. The van der Waals surface area contributed by atoms with Crippen molar-refractivity contribution in [1.82, 2.24) is 4.90 Å². The molecular weight excluding hydrogens is 272 g/mol. The van der Waals surface area contributed by atoms with E-state index >= 15 is 0 Å². The van der Waals surface area contributed by atoms with E-state index in [1.165, 1.54) is 30.4 Å². The van der Waals surface area contributed by atoms with Crippen molar-refractivity contribution in [2.45, 2.75) is 45.1 Å². The molecule has 22 heavy (non-hydrogen) atoms. The molecule has 0 bridgehead atoms. The molecule has 0 heterocycles. The average Bonchev–Trinajstić information content (AvgIpc) is 2.74. The Hall–Kier alpha value is -1.61. The van der Waals surface area contributed by atoms with Crippen molar-refractivity contribution in [1.29, 1.82) is 0 Å². The smallest absolute Gasteiger partial charge is 0.132 e. The maximum Gasteiger partial charge on any atom is 0.132 e. The van der Waals surface area contributed by atoms with Crippen LogP contribution in [0.25, 0.3) is 6.08 Å². The van der Waals surface area contributed by atoms with E-state index in [1.807, 2.05) is 0 Å². The van der Waals surface area contributed by atoms with E-state index < -0.39 is 0 Å². The summed E-state index contributed by atoms with van der Waals surface area (Å²) in [5.41, 5.74) is 3.71. The molecule has 1 aliphatic carbocycles. The highest BCUT2D eigenvalue weighted by atomic mass is 16.6. The first-order chi connectivity index (χ1) is 10.7. The van der Waals surface area contributed by atoms with Gasteiger partial charge in [0.1, 0.15) is 6.61 Å². The topological polar surface area (TPSA) is 24.8 Å². The van der Waals surface area contributed by atoms with Crippen LogP contribution in [0.2, 0.25) is 0 Å². The molecule has 0 aromatic heterocycles. The number of oxime groups is 1. The highest BCUT2D eigenvalue weighted by Crippen LogP contribution is 2.23. The second kappa shape index (κ2) is 8.74. The quantitative estimate of drug-likeness (QED) is 0.596. The molecule has 1 aromatic rings. The minimum absolute atomic E-state index is 0.372. The Labute approximate surface area is 134 Å². The molecule has 1 aromatic carbocycles. The molecule has 3 heteroatoms. The van der Waals surface area contributed by atoms with Crippen LogP contribution >= 0.6 is 0 Å². The van der Waals surface area contributed by atoms with E-state index in [4.69, 9.17) is 4.84 Å². The molecule has 1 fully saturated rings. The zero-order valence-electron chi connectivity index (χ0n) is 14.1. The van der Waals surface area contributed by atoms with Crippen molar-refractivity contribution in [2.24, 2.45) is 5.16 Å². The maximum atomic E-state index is 5.63. The lowest BCUT2D eigenvalue weighted by Gasteiger charge is -2.18. The molecule has 1 saturated carbocycles. The summed E-state index contributed by atoms with van der Waals surface area (Å²) in [6.45, 7) is 2.78. The van der Waals surface area contributed by atoms with E-state index in [1.54, 1.807) is 0 Å². The highest BCUT2D eigenvalue weighted by Gasteiger charge is 2.13. The Morgan fingerprint density at radius 2 is 1.86 bits per heavy atom. The molecule has 1 aliphatic rings. The first-order valence-electron chi connectivity index (χ1n) is 8.28. The Kier molecular flexibility index (Phi) is 6.66. The number of allylic oxidation sites excluding steroid dienone is 1. The van der Waals surface area contributed by atoms with Gasteiger partial charge < -0.3 is 9.74 Å². The second-order valence-electron chi connectivity index (χ2n) is 6.29. The standard InChI is InChI=1S/C19H28N2O/c1-16(21(2)3)15-22-20-19-13-9-5-8-12-18(19)14-17-10-6-4-7-11-17/h4,6-7,10-11,14,16H,5,8-9,12-13,15H2,1-3H3/b18-14+,20-19+. The largest absolute Gasteiger partial charge is 0.394 e. The summed E-state index contributed by atoms with van der Waals surface area (Å²) in [4.78, 5) is 7.77. The fraction of sp³-hybridized carbons (Fsp3) is 0.526. The van der Waals surface area contributed by atoms with Crippen LogP contribution in [0.4, 0.5) is 0 Å². The number of nitrogens with zero attached hydrogens (tertiary/aromatic N) is 2. The predicted octanol–water partition coefficient (Wildman–Crippen LogP) is 4.36. The summed E-state index contributed by atoms with van der Waals surface area (Å²) in [5, 5.41) is 4.46. The van der Waals surface area contributed by atoms with Gasteiger partial charge in [-0.25, -0.2) is 0 Å². The Balaban J connectivity index is 2.09.